The van der Waals surface area contributed by atoms with E-state index in [0.717, 1.165) is 12.8 Å². The van der Waals surface area contributed by atoms with Gasteiger partial charge in [0.1, 0.15) is 6.04 Å². The van der Waals surface area contributed by atoms with Gasteiger partial charge in [0.2, 0.25) is 11.8 Å². The maximum absolute atomic E-state index is 11.7. The van der Waals surface area contributed by atoms with Gasteiger partial charge < -0.3 is 16.2 Å². The van der Waals surface area contributed by atoms with Gasteiger partial charge in [-0.1, -0.05) is 19.8 Å². The van der Waals surface area contributed by atoms with Gasteiger partial charge in [-0.3, -0.25) is 19.3 Å². The normalized spacial score (nSPS) is 12.2. The van der Waals surface area contributed by atoms with Gasteiger partial charge in [0.15, 0.2) is 0 Å². The smallest absolute Gasteiger partial charge is 0.323 e. The van der Waals surface area contributed by atoms with E-state index < -0.39 is 23.8 Å². The Hall–Kier alpha value is -1.63. The van der Waals surface area contributed by atoms with Crippen LogP contribution >= 0.6 is 0 Å². The van der Waals surface area contributed by atoms with Crippen molar-refractivity contribution in [2.45, 2.75) is 32.2 Å². The van der Waals surface area contributed by atoms with E-state index in [4.69, 9.17) is 11.5 Å². The number of carbonyl (C=O) groups excluding carboxylic acids is 3. The molecular weight excluding hydrogens is 238 g/mol. The molecule has 0 heterocycles. The van der Waals surface area contributed by atoms with Crippen LogP contribution in [0.1, 0.15) is 26.2 Å². The Kier molecular flexibility index (Phi) is 7.69. The highest BCUT2D eigenvalue weighted by Gasteiger charge is 2.28. The lowest BCUT2D eigenvalue weighted by Gasteiger charge is -2.27. The van der Waals surface area contributed by atoms with E-state index >= 15 is 0 Å². The minimum Gasteiger partial charge on any atom is -0.468 e. The molecule has 0 rings (SSSR count). The molecule has 7 heteroatoms. The number of nitrogens with zero attached hydrogens (tertiary/aromatic N) is 1. The van der Waals surface area contributed by atoms with Gasteiger partial charge >= 0.3 is 5.97 Å². The Morgan fingerprint density at radius 2 is 1.67 bits per heavy atom. The third-order valence-electron chi connectivity index (χ3n) is 2.46. The summed E-state index contributed by atoms with van der Waals surface area (Å²) in [6.45, 7) is 1.57. The highest BCUT2D eigenvalue weighted by Crippen LogP contribution is 2.10. The first-order valence-electron chi connectivity index (χ1n) is 5.80. The summed E-state index contributed by atoms with van der Waals surface area (Å²) in [6, 6.07) is -0.671. The fourth-order valence-corrected chi connectivity index (χ4v) is 1.66. The molecule has 1 atom stereocenters. The maximum atomic E-state index is 11.7. The lowest BCUT2D eigenvalue weighted by molar-refractivity contribution is -0.148. The molecule has 104 valence electrons. The second kappa shape index (κ2) is 8.46. The number of unbranched alkanes of at least 4 members (excludes halogenated alkanes) is 1. The van der Waals surface area contributed by atoms with Crippen LogP contribution in [0.25, 0.3) is 0 Å². The third kappa shape index (κ3) is 6.19. The van der Waals surface area contributed by atoms with Crippen molar-refractivity contribution in [1.82, 2.24) is 4.90 Å². The number of hydrogen-bond acceptors (Lipinski definition) is 5. The number of primary amides is 2. The standard InChI is InChI=1S/C11H21N3O4/c1-3-4-5-8(11(17)18-2)14(6-9(12)15)7-10(13)16/h8H,3-7H2,1-2H3,(H2,12,15)(H2,13,16). The molecule has 0 aliphatic carbocycles. The zero-order chi connectivity index (χ0) is 14.1. The van der Waals surface area contributed by atoms with Crippen molar-refractivity contribution in [2.24, 2.45) is 11.5 Å². The van der Waals surface area contributed by atoms with Crippen molar-refractivity contribution >= 4 is 17.8 Å². The number of nitrogens with two attached hydrogens (primary N) is 2. The SMILES string of the molecule is CCCCC(C(=O)OC)N(CC(N)=O)CC(N)=O. The van der Waals surface area contributed by atoms with Crippen LogP contribution in [-0.4, -0.2) is 48.9 Å². The molecule has 0 aromatic rings. The first-order valence-corrected chi connectivity index (χ1v) is 5.80. The molecule has 0 spiro atoms. The Labute approximate surface area is 106 Å². The molecular formula is C11H21N3O4. The molecule has 0 bridgehead atoms. The van der Waals surface area contributed by atoms with E-state index in [1.165, 1.54) is 12.0 Å². The summed E-state index contributed by atoms with van der Waals surface area (Å²) in [5.74, 6) is -1.74. The molecule has 18 heavy (non-hydrogen) atoms. The van der Waals surface area contributed by atoms with Crippen molar-refractivity contribution in [3.8, 4) is 0 Å². The quantitative estimate of drug-likeness (QED) is 0.515. The lowest BCUT2D eigenvalue weighted by Crippen LogP contribution is -2.49. The van der Waals surface area contributed by atoms with E-state index in [-0.39, 0.29) is 13.1 Å². The number of hydrogen-bond donors (Lipinski definition) is 2. The maximum Gasteiger partial charge on any atom is 0.323 e. The van der Waals surface area contributed by atoms with Crippen LogP contribution in [0.15, 0.2) is 0 Å². The lowest BCUT2D eigenvalue weighted by atomic mass is 10.1. The molecule has 0 aromatic heterocycles. The summed E-state index contributed by atoms with van der Waals surface area (Å²) >= 11 is 0. The summed E-state index contributed by atoms with van der Waals surface area (Å²) in [5.41, 5.74) is 10.2. The zero-order valence-electron chi connectivity index (χ0n) is 10.8. The predicted molar refractivity (Wildman–Crippen MR) is 65.3 cm³/mol. The van der Waals surface area contributed by atoms with Crippen molar-refractivity contribution in [1.29, 1.82) is 0 Å². The van der Waals surface area contributed by atoms with Gasteiger partial charge in [-0.2, -0.15) is 0 Å². The van der Waals surface area contributed by atoms with Crippen LogP contribution in [0, 0.1) is 0 Å². The molecule has 0 saturated heterocycles. The number of ether oxygens (including phenoxy) is 1. The van der Waals surface area contributed by atoms with Crippen molar-refractivity contribution in [3.05, 3.63) is 0 Å². The van der Waals surface area contributed by atoms with Crippen LogP contribution in [0.5, 0.6) is 0 Å². The molecule has 2 amide bonds. The van der Waals surface area contributed by atoms with E-state index in [0.29, 0.717) is 6.42 Å². The fourth-order valence-electron chi connectivity index (χ4n) is 1.66. The third-order valence-corrected chi connectivity index (χ3v) is 2.46. The Morgan fingerprint density at radius 1 is 1.17 bits per heavy atom. The number of esters is 1. The van der Waals surface area contributed by atoms with Crippen LogP contribution in [0.4, 0.5) is 0 Å². The van der Waals surface area contributed by atoms with Gasteiger partial charge in [0, 0.05) is 0 Å². The molecule has 0 aliphatic heterocycles. The summed E-state index contributed by atoms with van der Waals surface area (Å²) < 4.78 is 4.67. The first-order chi connectivity index (χ1) is 8.42. The van der Waals surface area contributed by atoms with Crippen molar-refractivity contribution < 1.29 is 19.1 Å². The van der Waals surface area contributed by atoms with Gasteiger partial charge in [-0.15, -0.1) is 0 Å². The predicted octanol–water partition coefficient (Wildman–Crippen LogP) is -1.01. The summed E-state index contributed by atoms with van der Waals surface area (Å²) in [5, 5.41) is 0. The van der Waals surface area contributed by atoms with E-state index in [9.17, 15) is 14.4 Å². The van der Waals surface area contributed by atoms with Gasteiger partial charge in [0.25, 0.3) is 0 Å². The van der Waals surface area contributed by atoms with Crippen LogP contribution < -0.4 is 11.5 Å². The first kappa shape index (κ1) is 16.4. The van der Waals surface area contributed by atoms with E-state index in [2.05, 4.69) is 4.74 Å². The molecule has 0 fully saturated rings. The molecule has 7 nitrogen and oxygen atoms in total. The number of methoxy groups -OCH3 is 1. The average molecular weight is 259 g/mol. The summed E-state index contributed by atoms with van der Waals surface area (Å²) in [4.78, 5) is 34.9. The van der Waals surface area contributed by atoms with Crippen molar-refractivity contribution in [2.75, 3.05) is 20.2 Å². The number of carbonyl (C=O) groups is 3. The second-order valence-corrected chi connectivity index (χ2v) is 4.02. The molecule has 0 radical (unpaired) electrons. The monoisotopic (exact) mass is 259 g/mol. The van der Waals surface area contributed by atoms with Crippen molar-refractivity contribution in [3.63, 3.8) is 0 Å². The van der Waals surface area contributed by atoms with Gasteiger partial charge in [0.05, 0.1) is 20.2 Å². The Morgan fingerprint density at radius 3 is 2.00 bits per heavy atom. The highest BCUT2D eigenvalue weighted by molar-refractivity contribution is 5.82. The molecule has 0 aromatic carbocycles. The average Bonchev–Trinajstić information content (AvgIpc) is 2.27. The molecule has 0 aliphatic rings. The highest BCUT2D eigenvalue weighted by atomic mass is 16.5. The van der Waals surface area contributed by atoms with Crippen LogP contribution in [-0.2, 0) is 19.1 Å². The van der Waals surface area contributed by atoms with E-state index in [1.807, 2.05) is 6.92 Å². The second-order valence-electron chi connectivity index (χ2n) is 4.02. The molecule has 0 saturated carbocycles. The van der Waals surface area contributed by atoms with Gasteiger partial charge in [-0.05, 0) is 6.42 Å². The summed E-state index contributed by atoms with van der Waals surface area (Å²) in [6.07, 6.45) is 2.14. The topological polar surface area (TPSA) is 116 Å². The number of rotatable bonds is 9. The minimum atomic E-state index is -0.671. The largest absolute Gasteiger partial charge is 0.468 e. The minimum absolute atomic E-state index is 0.202. The van der Waals surface area contributed by atoms with Crippen LogP contribution in [0.3, 0.4) is 0 Å². The Balaban J connectivity index is 4.85. The molecule has 1 unspecified atom stereocenters. The van der Waals surface area contributed by atoms with E-state index in [1.54, 1.807) is 0 Å². The Bertz CT molecular complexity index is 291. The van der Waals surface area contributed by atoms with Gasteiger partial charge in [-0.25, -0.2) is 0 Å². The molecule has 4 N–H and O–H groups in total. The summed E-state index contributed by atoms with van der Waals surface area (Å²) in [7, 11) is 1.26. The van der Waals surface area contributed by atoms with Crippen LogP contribution in [0.2, 0.25) is 0 Å². The fraction of sp³-hybridized carbons (Fsp3) is 0.727. The number of amides is 2. The zero-order valence-corrected chi connectivity index (χ0v) is 10.8.